The van der Waals surface area contributed by atoms with Crippen molar-refractivity contribution < 1.29 is 8.42 Å². The van der Waals surface area contributed by atoms with E-state index in [1.807, 2.05) is 31.2 Å². The molecule has 0 amide bonds. The van der Waals surface area contributed by atoms with Crippen molar-refractivity contribution >= 4 is 15.7 Å². The number of benzene rings is 2. The molecule has 0 radical (unpaired) electrons. The summed E-state index contributed by atoms with van der Waals surface area (Å²) in [5.41, 5.74) is 8.86. The molecule has 2 rings (SSSR count). The van der Waals surface area contributed by atoms with Crippen molar-refractivity contribution in [2.75, 3.05) is 5.73 Å². The van der Waals surface area contributed by atoms with Crippen LogP contribution in [0.25, 0.3) is 0 Å². The predicted molar refractivity (Wildman–Crippen MR) is 80.8 cm³/mol. The molecule has 2 aromatic rings. The SMILES string of the molecule is Cc1ccc(CNS(=O)(=O)c2cccc(N)c2C)cc1. The molecule has 0 heterocycles. The number of hydrogen-bond donors (Lipinski definition) is 2. The maximum absolute atomic E-state index is 12.3. The summed E-state index contributed by atoms with van der Waals surface area (Å²) in [5.74, 6) is 0. The molecule has 0 fully saturated rings. The van der Waals surface area contributed by atoms with Gasteiger partial charge in [0.05, 0.1) is 4.90 Å². The molecule has 2 aromatic carbocycles. The third-order valence-corrected chi connectivity index (χ3v) is 4.75. The summed E-state index contributed by atoms with van der Waals surface area (Å²) in [5, 5.41) is 0. The van der Waals surface area contributed by atoms with E-state index in [1.54, 1.807) is 25.1 Å². The van der Waals surface area contributed by atoms with E-state index < -0.39 is 10.0 Å². The van der Waals surface area contributed by atoms with Crippen molar-refractivity contribution in [1.29, 1.82) is 0 Å². The summed E-state index contributed by atoms with van der Waals surface area (Å²) >= 11 is 0. The zero-order chi connectivity index (χ0) is 14.8. The Balaban J connectivity index is 2.19. The Kier molecular flexibility index (Phi) is 4.11. The number of nitrogens with one attached hydrogen (secondary N) is 1. The molecule has 20 heavy (non-hydrogen) atoms. The van der Waals surface area contributed by atoms with Gasteiger partial charge in [-0.15, -0.1) is 0 Å². The molecule has 3 N–H and O–H groups in total. The average molecular weight is 290 g/mol. The van der Waals surface area contributed by atoms with Crippen molar-refractivity contribution in [3.8, 4) is 0 Å². The van der Waals surface area contributed by atoms with Crippen LogP contribution in [0.5, 0.6) is 0 Å². The maximum atomic E-state index is 12.3. The highest BCUT2D eigenvalue weighted by atomic mass is 32.2. The number of nitrogen functional groups attached to an aromatic ring is 1. The van der Waals surface area contributed by atoms with Crippen molar-refractivity contribution in [1.82, 2.24) is 4.72 Å². The number of hydrogen-bond acceptors (Lipinski definition) is 3. The van der Waals surface area contributed by atoms with Gasteiger partial charge in [0.2, 0.25) is 10.0 Å². The van der Waals surface area contributed by atoms with Crippen LogP contribution in [0, 0.1) is 13.8 Å². The van der Waals surface area contributed by atoms with Crippen molar-refractivity contribution in [3.63, 3.8) is 0 Å². The molecule has 0 bridgehead atoms. The Hall–Kier alpha value is -1.85. The Bertz CT molecular complexity index is 707. The molecule has 0 aliphatic carbocycles. The first-order valence-corrected chi connectivity index (χ1v) is 7.79. The first-order valence-electron chi connectivity index (χ1n) is 6.30. The molecule has 0 saturated heterocycles. The molecule has 0 unspecified atom stereocenters. The number of nitrogens with two attached hydrogens (primary N) is 1. The smallest absolute Gasteiger partial charge is 0.241 e. The van der Waals surface area contributed by atoms with Crippen LogP contribution >= 0.6 is 0 Å². The molecule has 4 nitrogen and oxygen atoms in total. The van der Waals surface area contributed by atoms with Gasteiger partial charge in [-0.25, -0.2) is 13.1 Å². The Morgan fingerprint density at radius 1 is 1.05 bits per heavy atom. The second-order valence-corrected chi connectivity index (χ2v) is 6.52. The standard InChI is InChI=1S/C15H18N2O2S/c1-11-6-8-13(9-7-11)10-17-20(18,19)15-5-3-4-14(16)12(15)2/h3-9,17H,10,16H2,1-2H3. The van der Waals surface area contributed by atoms with Crippen LogP contribution in [-0.4, -0.2) is 8.42 Å². The third-order valence-electron chi connectivity index (χ3n) is 3.20. The lowest BCUT2D eigenvalue weighted by Gasteiger charge is -2.11. The highest BCUT2D eigenvalue weighted by molar-refractivity contribution is 7.89. The van der Waals surface area contributed by atoms with Gasteiger partial charge in [0.1, 0.15) is 0 Å². The quantitative estimate of drug-likeness (QED) is 0.849. The molecule has 0 spiro atoms. The van der Waals surface area contributed by atoms with Gasteiger partial charge in [-0.3, -0.25) is 0 Å². The van der Waals surface area contributed by atoms with Crippen LogP contribution in [0.2, 0.25) is 0 Å². The Morgan fingerprint density at radius 3 is 2.35 bits per heavy atom. The van der Waals surface area contributed by atoms with E-state index in [1.165, 1.54) is 0 Å². The van der Waals surface area contributed by atoms with Crippen LogP contribution < -0.4 is 10.5 Å². The monoisotopic (exact) mass is 290 g/mol. The summed E-state index contributed by atoms with van der Waals surface area (Å²) in [4.78, 5) is 0.226. The molecule has 0 saturated carbocycles. The highest BCUT2D eigenvalue weighted by Crippen LogP contribution is 2.20. The van der Waals surface area contributed by atoms with E-state index in [0.717, 1.165) is 11.1 Å². The Labute approximate surface area is 119 Å². The van der Waals surface area contributed by atoms with Gasteiger partial charge < -0.3 is 5.73 Å². The Morgan fingerprint density at radius 2 is 1.70 bits per heavy atom. The van der Waals surface area contributed by atoms with Gasteiger partial charge in [0.25, 0.3) is 0 Å². The molecular weight excluding hydrogens is 272 g/mol. The average Bonchev–Trinajstić information content (AvgIpc) is 2.41. The zero-order valence-electron chi connectivity index (χ0n) is 11.6. The van der Waals surface area contributed by atoms with Crippen LogP contribution in [-0.2, 0) is 16.6 Å². The fourth-order valence-corrected chi connectivity index (χ4v) is 3.18. The van der Waals surface area contributed by atoms with Gasteiger partial charge in [0.15, 0.2) is 0 Å². The van der Waals surface area contributed by atoms with Crippen LogP contribution in [0.4, 0.5) is 5.69 Å². The molecule has 0 aliphatic rings. The van der Waals surface area contributed by atoms with E-state index >= 15 is 0 Å². The number of anilines is 1. The van der Waals surface area contributed by atoms with E-state index in [0.29, 0.717) is 11.3 Å². The molecular formula is C15H18N2O2S. The molecule has 5 heteroatoms. The fourth-order valence-electron chi connectivity index (χ4n) is 1.88. The van der Waals surface area contributed by atoms with Crippen molar-refractivity contribution in [2.45, 2.75) is 25.3 Å². The lowest BCUT2D eigenvalue weighted by molar-refractivity contribution is 0.580. The van der Waals surface area contributed by atoms with Gasteiger partial charge in [-0.1, -0.05) is 35.9 Å². The van der Waals surface area contributed by atoms with Crippen molar-refractivity contribution in [2.24, 2.45) is 0 Å². The minimum atomic E-state index is -3.55. The number of rotatable bonds is 4. The van der Waals surface area contributed by atoms with Gasteiger partial charge in [-0.2, -0.15) is 0 Å². The second-order valence-electron chi connectivity index (χ2n) is 4.78. The fraction of sp³-hybridized carbons (Fsp3) is 0.200. The minimum absolute atomic E-state index is 0.226. The predicted octanol–water partition coefficient (Wildman–Crippen LogP) is 2.36. The first kappa shape index (κ1) is 14.6. The van der Waals surface area contributed by atoms with E-state index in [4.69, 9.17) is 5.73 Å². The van der Waals surface area contributed by atoms with Crippen molar-refractivity contribution in [3.05, 3.63) is 59.2 Å². The van der Waals surface area contributed by atoms with Gasteiger partial charge in [-0.05, 0) is 37.1 Å². The number of sulfonamides is 1. The topological polar surface area (TPSA) is 72.2 Å². The molecule has 0 atom stereocenters. The summed E-state index contributed by atoms with van der Waals surface area (Å²) in [6.07, 6.45) is 0. The van der Waals surface area contributed by atoms with E-state index in [2.05, 4.69) is 4.72 Å². The third kappa shape index (κ3) is 3.18. The van der Waals surface area contributed by atoms with Gasteiger partial charge in [0, 0.05) is 12.2 Å². The minimum Gasteiger partial charge on any atom is -0.398 e. The van der Waals surface area contributed by atoms with Crippen LogP contribution in [0.1, 0.15) is 16.7 Å². The summed E-state index contributed by atoms with van der Waals surface area (Å²) < 4.78 is 27.2. The normalized spacial score (nSPS) is 11.5. The van der Waals surface area contributed by atoms with Crippen LogP contribution in [0.3, 0.4) is 0 Å². The van der Waals surface area contributed by atoms with Gasteiger partial charge >= 0.3 is 0 Å². The van der Waals surface area contributed by atoms with Crippen LogP contribution in [0.15, 0.2) is 47.4 Å². The first-order chi connectivity index (χ1) is 9.40. The highest BCUT2D eigenvalue weighted by Gasteiger charge is 2.17. The largest absolute Gasteiger partial charge is 0.398 e. The second kappa shape index (κ2) is 5.64. The van der Waals surface area contributed by atoms with E-state index in [-0.39, 0.29) is 11.4 Å². The number of aryl methyl sites for hydroxylation is 1. The van der Waals surface area contributed by atoms with E-state index in [9.17, 15) is 8.42 Å². The summed E-state index contributed by atoms with van der Waals surface area (Å²) in [6.45, 7) is 3.96. The summed E-state index contributed by atoms with van der Waals surface area (Å²) in [6, 6.07) is 12.6. The lowest BCUT2D eigenvalue weighted by Crippen LogP contribution is -2.24. The molecule has 0 aliphatic heterocycles. The maximum Gasteiger partial charge on any atom is 0.241 e. The summed E-state index contributed by atoms with van der Waals surface area (Å²) in [7, 11) is -3.55. The zero-order valence-corrected chi connectivity index (χ0v) is 12.4. The molecule has 106 valence electrons. The molecule has 0 aromatic heterocycles. The lowest BCUT2D eigenvalue weighted by atomic mass is 10.2.